The number of methoxy groups -OCH3 is 1. The lowest BCUT2D eigenvalue weighted by Gasteiger charge is -2.10. The van der Waals surface area contributed by atoms with E-state index >= 15 is 0 Å². The van der Waals surface area contributed by atoms with Crippen LogP contribution in [0.2, 0.25) is 10.0 Å². The molecule has 0 atom stereocenters. The van der Waals surface area contributed by atoms with Gasteiger partial charge in [0.2, 0.25) is 0 Å². The number of ether oxygens (including phenoxy) is 1. The van der Waals surface area contributed by atoms with Gasteiger partial charge in [-0.1, -0.05) is 23.2 Å². The highest BCUT2D eigenvalue weighted by molar-refractivity contribution is 14.1. The third-order valence-electron chi connectivity index (χ3n) is 2.81. The van der Waals surface area contributed by atoms with Gasteiger partial charge < -0.3 is 10.1 Å². The van der Waals surface area contributed by atoms with Crippen LogP contribution in [0.1, 0.15) is 20.7 Å². The summed E-state index contributed by atoms with van der Waals surface area (Å²) >= 11 is 14.0. The van der Waals surface area contributed by atoms with Crippen molar-refractivity contribution in [3.8, 4) is 0 Å². The summed E-state index contributed by atoms with van der Waals surface area (Å²) in [6, 6.07) is 9.51. The summed E-state index contributed by atoms with van der Waals surface area (Å²) in [6.07, 6.45) is 0. The molecule has 0 radical (unpaired) electrons. The number of carbonyl (C=O) groups excluding carboxylic acids is 2. The number of nitrogens with one attached hydrogen (secondary N) is 1. The van der Waals surface area contributed by atoms with Gasteiger partial charge in [-0.05, 0) is 59.0 Å². The standard InChI is InChI=1S/C15H10Cl2INO3/c1-22-15(21)8-2-4-11(17)13(6-8)19-14(20)10-7-9(16)3-5-12(10)18/h2-7H,1H3,(H,19,20). The molecule has 0 saturated carbocycles. The maximum Gasteiger partial charge on any atom is 0.337 e. The van der Waals surface area contributed by atoms with Crippen LogP contribution in [0.25, 0.3) is 0 Å². The zero-order valence-electron chi connectivity index (χ0n) is 11.3. The Morgan fingerprint density at radius 3 is 2.55 bits per heavy atom. The Bertz CT molecular complexity index is 750. The number of esters is 1. The van der Waals surface area contributed by atoms with Crippen LogP contribution in [0.5, 0.6) is 0 Å². The summed E-state index contributed by atoms with van der Waals surface area (Å²) in [4.78, 5) is 23.9. The zero-order valence-corrected chi connectivity index (χ0v) is 15.0. The van der Waals surface area contributed by atoms with Gasteiger partial charge in [0.05, 0.1) is 28.9 Å². The van der Waals surface area contributed by atoms with Gasteiger partial charge in [0.15, 0.2) is 0 Å². The van der Waals surface area contributed by atoms with Crippen LogP contribution in [0.15, 0.2) is 36.4 Å². The van der Waals surface area contributed by atoms with E-state index in [1.54, 1.807) is 18.2 Å². The molecule has 0 bridgehead atoms. The average Bonchev–Trinajstić information content (AvgIpc) is 2.50. The minimum atomic E-state index is -0.510. The number of anilines is 1. The SMILES string of the molecule is COC(=O)c1ccc(Cl)c(NC(=O)c2cc(Cl)ccc2I)c1. The molecular weight excluding hydrogens is 440 g/mol. The lowest BCUT2D eigenvalue weighted by atomic mass is 10.1. The minimum Gasteiger partial charge on any atom is -0.465 e. The molecule has 22 heavy (non-hydrogen) atoms. The smallest absolute Gasteiger partial charge is 0.337 e. The summed E-state index contributed by atoms with van der Waals surface area (Å²) in [6.45, 7) is 0. The predicted octanol–water partition coefficient (Wildman–Crippen LogP) is 4.64. The van der Waals surface area contributed by atoms with Gasteiger partial charge in [-0.3, -0.25) is 4.79 Å². The van der Waals surface area contributed by atoms with Gasteiger partial charge in [-0.15, -0.1) is 0 Å². The molecular formula is C15H10Cl2INO3. The number of rotatable bonds is 3. The van der Waals surface area contributed by atoms with E-state index in [0.29, 0.717) is 26.9 Å². The Balaban J connectivity index is 2.32. The first-order valence-corrected chi connectivity index (χ1v) is 7.90. The van der Waals surface area contributed by atoms with Gasteiger partial charge in [0.1, 0.15) is 0 Å². The normalized spacial score (nSPS) is 10.2. The van der Waals surface area contributed by atoms with E-state index in [4.69, 9.17) is 23.2 Å². The first-order chi connectivity index (χ1) is 10.4. The van der Waals surface area contributed by atoms with E-state index < -0.39 is 5.97 Å². The van der Waals surface area contributed by atoms with E-state index in [0.717, 1.165) is 3.57 Å². The number of carbonyl (C=O) groups is 2. The van der Waals surface area contributed by atoms with Crippen LogP contribution in [-0.2, 0) is 4.74 Å². The fourth-order valence-electron chi connectivity index (χ4n) is 1.73. The van der Waals surface area contributed by atoms with Crippen LogP contribution >= 0.6 is 45.8 Å². The molecule has 2 aromatic carbocycles. The van der Waals surface area contributed by atoms with Crippen molar-refractivity contribution in [3.63, 3.8) is 0 Å². The summed E-state index contributed by atoms with van der Waals surface area (Å²) in [5, 5.41) is 3.45. The van der Waals surface area contributed by atoms with E-state index in [-0.39, 0.29) is 5.91 Å². The van der Waals surface area contributed by atoms with Gasteiger partial charge in [-0.2, -0.15) is 0 Å². The highest BCUT2D eigenvalue weighted by Crippen LogP contribution is 2.25. The van der Waals surface area contributed by atoms with Crippen LogP contribution in [0.3, 0.4) is 0 Å². The van der Waals surface area contributed by atoms with E-state index in [1.165, 1.54) is 25.3 Å². The van der Waals surface area contributed by atoms with Crippen molar-refractivity contribution in [1.29, 1.82) is 0 Å². The van der Waals surface area contributed by atoms with Crippen molar-refractivity contribution in [2.24, 2.45) is 0 Å². The van der Waals surface area contributed by atoms with Crippen LogP contribution in [-0.4, -0.2) is 19.0 Å². The highest BCUT2D eigenvalue weighted by Gasteiger charge is 2.14. The van der Waals surface area contributed by atoms with Crippen LogP contribution in [0.4, 0.5) is 5.69 Å². The summed E-state index contributed by atoms with van der Waals surface area (Å²) < 4.78 is 5.39. The van der Waals surface area contributed by atoms with Gasteiger partial charge in [0.25, 0.3) is 5.91 Å². The molecule has 0 aliphatic heterocycles. The molecule has 0 aliphatic rings. The average molecular weight is 450 g/mol. The second kappa shape index (κ2) is 7.30. The van der Waals surface area contributed by atoms with Crippen molar-refractivity contribution < 1.29 is 14.3 Å². The number of hydrogen-bond acceptors (Lipinski definition) is 3. The zero-order chi connectivity index (χ0) is 16.3. The van der Waals surface area contributed by atoms with Crippen molar-refractivity contribution in [1.82, 2.24) is 0 Å². The summed E-state index contributed by atoms with van der Waals surface area (Å²) in [7, 11) is 1.28. The lowest BCUT2D eigenvalue weighted by molar-refractivity contribution is 0.0600. The molecule has 1 amide bonds. The fraction of sp³-hybridized carbons (Fsp3) is 0.0667. The number of amides is 1. The summed E-state index contributed by atoms with van der Waals surface area (Å²) in [5.74, 6) is -0.875. The molecule has 0 spiro atoms. The van der Waals surface area contributed by atoms with Gasteiger partial charge >= 0.3 is 5.97 Å². The van der Waals surface area contributed by atoms with Crippen molar-refractivity contribution in [3.05, 3.63) is 61.1 Å². The Hall–Kier alpha value is -1.31. The largest absolute Gasteiger partial charge is 0.465 e. The van der Waals surface area contributed by atoms with Gasteiger partial charge in [-0.25, -0.2) is 4.79 Å². The second-order valence-electron chi connectivity index (χ2n) is 4.26. The molecule has 0 aromatic heterocycles. The number of halogens is 3. The number of hydrogen-bond donors (Lipinski definition) is 1. The molecule has 2 aromatic rings. The molecule has 1 N–H and O–H groups in total. The van der Waals surface area contributed by atoms with E-state index in [2.05, 4.69) is 10.1 Å². The second-order valence-corrected chi connectivity index (χ2v) is 6.27. The number of benzene rings is 2. The Labute approximate surface area is 150 Å². The van der Waals surface area contributed by atoms with Crippen LogP contribution in [0, 0.1) is 3.57 Å². The molecule has 0 unspecified atom stereocenters. The van der Waals surface area contributed by atoms with Crippen molar-refractivity contribution in [2.75, 3.05) is 12.4 Å². The highest BCUT2D eigenvalue weighted by atomic mass is 127. The Morgan fingerprint density at radius 2 is 1.86 bits per heavy atom. The molecule has 0 aliphatic carbocycles. The molecule has 7 heteroatoms. The molecule has 4 nitrogen and oxygen atoms in total. The Kier molecular flexibility index (Phi) is 5.66. The molecule has 0 heterocycles. The maximum absolute atomic E-state index is 12.3. The monoisotopic (exact) mass is 449 g/mol. The Morgan fingerprint density at radius 1 is 1.14 bits per heavy atom. The first kappa shape index (κ1) is 17.1. The third-order valence-corrected chi connectivity index (χ3v) is 4.31. The fourth-order valence-corrected chi connectivity index (χ4v) is 2.64. The molecule has 0 fully saturated rings. The predicted molar refractivity (Wildman–Crippen MR) is 94.9 cm³/mol. The van der Waals surface area contributed by atoms with Crippen molar-refractivity contribution in [2.45, 2.75) is 0 Å². The maximum atomic E-state index is 12.3. The first-order valence-electron chi connectivity index (χ1n) is 6.06. The minimum absolute atomic E-state index is 0.294. The van der Waals surface area contributed by atoms with Crippen LogP contribution < -0.4 is 5.32 Å². The third kappa shape index (κ3) is 3.91. The van der Waals surface area contributed by atoms with Crippen molar-refractivity contribution >= 4 is 63.4 Å². The molecule has 114 valence electrons. The molecule has 2 rings (SSSR count). The topological polar surface area (TPSA) is 55.4 Å². The summed E-state index contributed by atoms with van der Waals surface area (Å²) in [5.41, 5.74) is 1.04. The lowest BCUT2D eigenvalue weighted by Crippen LogP contribution is -2.14. The quantitative estimate of drug-likeness (QED) is 0.548. The van der Waals surface area contributed by atoms with Gasteiger partial charge in [0, 0.05) is 8.59 Å². The van der Waals surface area contributed by atoms with E-state index in [9.17, 15) is 9.59 Å². The molecule has 0 saturated heterocycles. The van der Waals surface area contributed by atoms with E-state index in [1.807, 2.05) is 22.6 Å².